The van der Waals surface area contributed by atoms with Crippen LogP contribution in [0, 0.1) is 0 Å². The van der Waals surface area contributed by atoms with E-state index >= 15 is 0 Å². The maximum atomic E-state index is 2.29. The Morgan fingerprint density at radius 3 is 0.550 bits per heavy atom. The third-order valence-corrected chi connectivity index (χ3v) is 7.86. The van der Waals surface area contributed by atoms with Gasteiger partial charge in [0, 0.05) is 0 Å². The predicted molar refractivity (Wildman–Crippen MR) is 177 cm³/mol. The Hall–Kier alpha value is 0.880. The van der Waals surface area contributed by atoms with E-state index in [1.807, 2.05) is 0 Å². The Morgan fingerprint density at radius 1 is 0.250 bits per heavy atom. The molecule has 0 radical (unpaired) electrons. The highest BCUT2D eigenvalue weighted by molar-refractivity contribution is 4.50. The van der Waals surface area contributed by atoms with E-state index in [9.17, 15) is 0 Å². The van der Waals surface area contributed by atoms with Crippen LogP contribution in [0.4, 0.5) is 0 Å². The Balaban J connectivity index is -0.000000310. The Bertz CT molecular complexity index is 429. The Kier molecular flexibility index (Phi) is 43.1. The van der Waals surface area contributed by atoms with Gasteiger partial charge in [-0.15, -0.1) is 0 Å². The van der Waals surface area contributed by atoms with Crippen molar-refractivity contribution in [2.24, 2.45) is 0 Å². The molecule has 0 spiro atoms. The van der Waals surface area contributed by atoms with Crippen LogP contribution in [0.2, 0.25) is 0 Å². The fourth-order valence-corrected chi connectivity index (χ4v) is 5.21. The van der Waals surface area contributed by atoms with Gasteiger partial charge in [-0.3, -0.25) is 0 Å². The van der Waals surface area contributed by atoms with E-state index in [0.29, 0.717) is 0 Å². The molecule has 0 aromatic heterocycles. The van der Waals surface area contributed by atoms with Crippen LogP contribution in [0.1, 0.15) is 181 Å². The summed E-state index contributed by atoms with van der Waals surface area (Å²) in [5.74, 6) is 0. The summed E-state index contributed by atoms with van der Waals surface area (Å²) in [7, 11) is 13.8. The van der Waals surface area contributed by atoms with Gasteiger partial charge in [0.2, 0.25) is 0 Å². The molecular weight excluding hydrogens is 620 g/mol. The number of hydrogen-bond acceptors (Lipinski definition) is 0. The smallest absolute Gasteiger partial charge is 0.0780 e. The first-order valence-electron chi connectivity index (χ1n) is 17.7. The Morgan fingerprint density at radius 2 is 0.400 bits per heavy atom. The molecular formula is C36H80Br2N2. The summed E-state index contributed by atoms with van der Waals surface area (Å²) >= 11 is 0. The summed E-state index contributed by atoms with van der Waals surface area (Å²) < 4.78 is 2.25. The second-order valence-corrected chi connectivity index (χ2v) is 14.5. The van der Waals surface area contributed by atoms with Crippen LogP contribution >= 0.6 is 0 Å². The van der Waals surface area contributed by atoms with Gasteiger partial charge in [0.1, 0.15) is 0 Å². The lowest BCUT2D eigenvalue weighted by Gasteiger charge is -2.23. The van der Waals surface area contributed by atoms with Crippen LogP contribution in [0.5, 0.6) is 0 Å². The second-order valence-electron chi connectivity index (χ2n) is 14.5. The summed E-state index contributed by atoms with van der Waals surface area (Å²) in [5.41, 5.74) is 0. The molecule has 0 amide bonds. The number of hydrogen-bond donors (Lipinski definition) is 0. The molecule has 0 aliphatic rings. The predicted octanol–water partition coefficient (Wildman–Crippen LogP) is 5.58. The summed E-state index contributed by atoms with van der Waals surface area (Å²) in [6.07, 6.45) is 37.8. The summed E-state index contributed by atoms with van der Waals surface area (Å²) in [4.78, 5) is 0. The molecule has 0 bridgehead atoms. The largest absolute Gasteiger partial charge is 1.00 e. The van der Waals surface area contributed by atoms with E-state index in [0.717, 1.165) is 8.97 Å². The first kappa shape index (κ1) is 47.8. The minimum Gasteiger partial charge on any atom is -1.00 e. The van der Waals surface area contributed by atoms with Crippen LogP contribution < -0.4 is 34.0 Å². The summed E-state index contributed by atoms with van der Waals surface area (Å²) in [6, 6.07) is 0. The fourth-order valence-electron chi connectivity index (χ4n) is 5.21. The molecule has 2 nitrogen and oxygen atoms in total. The van der Waals surface area contributed by atoms with Crippen molar-refractivity contribution in [2.75, 3.05) is 55.4 Å². The lowest BCUT2D eigenvalue weighted by atomic mass is 10.0. The van der Waals surface area contributed by atoms with Crippen LogP contribution in [0.25, 0.3) is 0 Å². The third kappa shape index (κ3) is 51.6. The molecule has 0 aromatic rings. The molecule has 248 valence electrons. The van der Waals surface area contributed by atoms with Crippen molar-refractivity contribution in [1.29, 1.82) is 0 Å². The van der Waals surface area contributed by atoms with Gasteiger partial charge >= 0.3 is 0 Å². The maximum absolute atomic E-state index is 2.29. The van der Waals surface area contributed by atoms with Crippen LogP contribution in [-0.4, -0.2) is 64.3 Å². The van der Waals surface area contributed by atoms with Crippen molar-refractivity contribution in [3.63, 3.8) is 0 Å². The number of unbranched alkanes of at least 4 members (excludes halogenated alkanes) is 24. The minimum atomic E-state index is 0. The van der Waals surface area contributed by atoms with E-state index < -0.39 is 0 Å². The standard InChI is InChI=1S/C19H42N.C17H38N.2BrH/c1-5-6-7-8-9-10-11-12-13-14-15-16-17-18-19-20(2,3)4;1-5-6-7-8-9-10-11-12-13-14-15-16-17-18(2,3)4;;/h5-19H2,1-4H3;5-17H2,1-4H3;2*1H/q2*+1;;/p-2. The lowest BCUT2D eigenvalue weighted by molar-refractivity contribution is -0.870. The highest BCUT2D eigenvalue weighted by Crippen LogP contribution is 2.14. The monoisotopic (exact) mass is 698 g/mol. The van der Waals surface area contributed by atoms with Gasteiger partial charge in [0.05, 0.1) is 55.4 Å². The quantitative estimate of drug-likeness (QED) is 0.0740. The van der Waals surface area contributed by atoms with Crippen molar-refractivity contribution in [2.45, 2.75) is 181 Å². The molecule has 0 fully saturated rings. The molecule has 0 heterocycles. The molecule has 0 unspecified atom stereocenters. The lowest BCUT2D eigenvalue weighted by Crippen LogP contribution is -3.00. The second kappa shape index (κ2) is 36.1. The third-order valence-electron chi connectivity index (χ3n) is 7.86. The number of nitrogens with zero attached hydrogens (tertiary/aromatic N) is 2. The van der Waals surface area contributed by atoms with E-state index in [-0.39, 0.29) is 34.0 Å². The molecule has 0 aliphatic heterocycles. The molecule has 0 rings (SSSR count). The van der Waals surface area contributed by atoms with Crippen molar-refractivity contribution < 1.29 is 42.9 Å². The van der Waals surface area contributed by atoms with Gasteiger partial charge < -0.3 is 42.9 Å². The van der Waals surface area contributed by atoms with Crippen molar-refractivity contribution in [3.05, 3.63) is 0 Å². The fraction of sp³-hybridized carbons (Fsp3) is 1.00. The van der Waals surface area contributed by atoms with Gasteiger partial charge in [0.15, 0.2) is 0 Å². The van der Waals surface area contributed by atoms with Crippen molar-refractivity contribution in [3.8, 4) is 0 Å². The first-order chi connectivity index (χ1) is 18.1. The van der Waals surface area contributed by atoms with Crippen LogP contribution in [-0.2, 0) is 0 Å². The van der Waals surface area contributed by atoms with Gasteiger partial charge in [-0.1, -0.05) is 155 Å². The zero-order chi connectivity index (χ0) is 28.8. The topological polar surface area (TPSA) is 0 Å². The zero-order valence-electron chi connectivity index (χ0n) is 29.4. The van der Waals surface area contributed by atoms with Gasteiger partial charge in [-0.2, -0.15) is 0 Å². The SMILES string of the molecule is CCCCCCCCCCCCCCCC[N+](C)(C)C.CCCCCCCCCCCCCC[N+](C)(C)C.[Br-].[Br-]. The molecule has 0 N–H and O–H groups in total. The highest BCUT2D eigenvalue weighted by Gasteiger charge is 2.06. The van der Waals surface area contributed by atoms with Gasteiger partial charge in [-0.25, -0.2) is 0 Å². The van der Waals surface area contributed by atoms with Crippen LogP contribution in [0.3, 0.4) is 0 Å². The molecule has 0 saturated heterocycles. The van der Waals surface area contributed by atoms with Crippen molar-refractivity contribution >= 4 is 0 Å². The van der Waals surface area contributed by atoms with E-state index in [4.69, 9.17) is 0 Å². The molecule has 0 aliphatic carbocycles. The number of rotatable bonds is 28. The molecule has 4 heteroatoms. The summed E-state index contributed by atoms with van der Waals surface area (Å²) in [6.45, 7) is 7.25. The minimum absolute atomic E-state index is 0. The molecule has 0 atom stereocenters. The molecule has 0 saturated carbocycles. The summed E-state index contributed by atoms with van der Waals surface area (Å²) in [5, 5.41) is 0. The van der Waals surface area contributed by atoms with E-state index in [2.05, 4.69) is 56.1 Å². The van der Waals surface area contributed by atoms with Gasteiger partial charge in [-0.05, 0) is 25.7 Å². The Labute approximate surface area is 277 Å². The number of quaternary nitrogens is 2. The van der Waals surface area contributed by atoms with Crippen molar-refractivity contribution in [1.82, 2.24) is 0 Å². The molecule has 40 heavy (non-hydrogen) atoms. The number of halogens is 2. The molecule has 0 aromatic carbocycles. The first-order valence-corrected chi connectivity index (χ1v) is 17.7. The normalized spacial score (nSPS) is 11.4. The highest BCUT2D eigenvalue weighted by atomic mass is 79.9. The average molecular weight is 701 g/mol. The van der Waals surface area contributed by atoms with Crippen LogP contribution in [0.15, 0.2) is 0 Å². The van der Waals surface area contributed by atoms with E-state index in [1.54, 1.807) is 0 Å². The average Bonchev–Trinajstić information content (AvgIpc) is 2.84. The van der Waals surface area contributed by atoms with E-state index in [1.165, 1.54) is 180 Å². The zero-order valence-corrected chi connectivity index (χ0v) is 32.6. The maximum Gasteiger partial charge on any atom is 0.0780 e. The van der Waals surface area contributed by atoms with Gasteiger partial charge in [0.25, 0.3) is 0 Å².